The fourth-order valence-electron chi connectivity index (χ4n) is 0.980. The van der Waals surface area contributed by atoms with Crippen LogP contribution in [0.1, 0.15) is 21.0 Å². The Hall–Kier alpha value is -2.18. The molecule has 1 heterocycles. The molecule has 0 atom stereocenters. The highest BCUT2D eigenvalue weighted by Gasteiger charge is 2.26. The summed E-state index contributed by atoms with van der Waals surface area (Å²) in [4.78, 5) is 24.3. The minimum Gasteiger partial charge on any atom is -0.503 e. The van der Waals surface area contributed by atoms with Gasteiger partial charge < -0.3 is 24.7 Å². The van der Waals surface area contributed by atoms with Crippen molar-refractivity contribution in [3.63, 3.8) is 0 Å². The highest BCUT2D eigenvalue weighted by Crippen LogP contribution is 2.33. The number of ether oxygens (including phenoxy) is 2. The molecule has 0 aliphatic heterocycles. The second-order valence-corrected chi connectivity index (χ2v) is 2.56. The first-order valence-electron chi connectivity index (χ1n) is 3.83. The molecule has 0 fully saturated rings. The molecule has 0 bridgehead atoms. The number of esters is 2. The molecule has 7 heteroatoms. The largest absolute Gasteiger partial charge is 0.503 e. The van der Waals surface area contributed by atoms with E-state index in [1.807, 2.05) is 0 Å². The second kappa shape index (κ2) is 3.91. The van der Waals surface area contributed by atoms with Gasteiger partial charge in [0.05, 0.1) is 14.2 Å². The Balaban J connectivity index is 3.24. The first kappa shape index (κ1) is 10.9. The van der Waals surface area contributed by atoms with Gasteiger partial charge in [-0.3, -0.25) is 0 Å². The molecule has 0 aliphatic carbocycles. The van der Waals surface area contributed by atoms with E-state index in [4.69, 9.17) is 0 Å². The molecule has 0 saturated heterocycles. The van der Waals surface area contributed by atoms with E-state index in [0.717, 1.165) is 14.2 Å². The van der Waals surface area contributed by atoms with Gasteiger partial charge in [0.2, 0.25) is 0 Å². The summed E-state index contributed by atoms with van der Waals surface area (Å²) in [7, 11) is 2.19. The Bertz CT molecular complexity index is 371. The molecule has 1 aromatic rings. The van der Waals surface area contributed by atoms with Crippen LogP contribution in [-0.4, -0.2) is 41.4 Å². The van der Waals surface area contributed by atoms with Crippen LogP contribution in [0.4, 0.5) is 0 Å². The molecular formula is C8H9NO6. The summed E-state index contributed by atoms with van der Waals surface area (Å²) in [6, 6.07) is 0. The molecule has 0 amide bonds. The SMILES string of the molecule is COC(=O)c1[nH]c(C(=O)OC)c(O)c1O. The predicted octanol–water partition coefficient (Wildman–Crippen LogP) is -0.000900. The van der Waals surface area contributed by atoms with Crippen molar-refractivity contribution in [1.82, 2.24) is 4.98 Å². The maximum atomic E-state index is 11.0. The van der Waals surface area contributed by atoms with Crippen LogP contribution in [0.3, 0.4) is 0 Å². The normalized spacial score (nSPS) is 9.73. The van der Waals surface area contributed by atoms with Crippen molar-refractivity contribution in [2.24, 2.45) is 0 Å². The number of nitrogens with one attached hydrogen (secondary N) is 1. The molecule has 1 aromatic heterocycles. The minimum atomic E-state index is -0.905. The molecule has 0 aromatic carbocycles. The summed E-state index contributed by atoms with van der Waals surface area (Å²) in [6.45, 7) is 0. The summed E-state index contributed by atoms with van der Waals surface area (Å²) in [5.41, 5.74) is -0.814. The van der Waals surface area contributed by atoms with Gasteiger partial charge in [-0.15, -0.1) is 0 Å². The molecule has 15 heavy (non-hydrogen) atoms. The smallest absolute Gasteiger partial charge is 0.358 e. The van der Waals surface area contributed by atoms with Gasteiger partial charge in [-0.1, -0.05) is 0 Å². The lowest BCUT2D eigenvalue weighted by Crippen LogP contribution is -2.05. The van der Waals surface area contributed by atoms with Crippen molar-refractivity contribution < 1.29 is 29.3 Å². The van der Waals surface area contributed by atoms with Crippen molar-refractivity contribution in [3.8, 4) is 11.5 Å². The standard InChI is InChI=1S/C8H9NO6/c1-14-7(12)3-5(10)6(11)4(9-3)8(13)15-2/h9-11H,1-2H3. The van der Waals surface area contributed by atoms with Crippen molar-refractivity contribution in [2.75, 3.05) is 14.2 Å². The minimum absolute atomic E-state index is 0.407. The highest BCUT2D eigenvalue weighted by molar-refractivity contribution is 5.98. The molecule has 1 rings (SSSR count). The molecular weight excluding hydrogens is 206 g/mol. The Labute approximate surface area is 84.2 Å². The van der Waals surface area contributed by atoms with Crippen LogP contribution < -0.4 is 0 Å². The number of rotatable bonds is 2. The number of methoxy groups -OCH3 is 2. The average Bonchev–Trinajstić information content (AvgIpc) is 2.54. The van der Waals surface area contributed by atoms with Gasteiger partial charge in [0.15, 0.2) is 22.9 Å². The molecule has 3 N–H and O–H groups in total. The maximum Gasteiger partial charge on any atom is 0.358 e. The van der Waals surface area contributed by atoms with Crippen LogP contribution in [-0.2, 0) is 9.47 Å². The van der Waals surface area contributed by atoms with Gasteiger partial charge >= 0.3 is 11.9 Å². The van der Waals surface area contributed by atoms with Gasteiger partial charge in [-0.2, -0.15) is 0 Å². The van der Waals surface area contributed by atoms with E-state index >= 15 is 0 Å². The Morgan fingerprint density at radius 1 is 1.00 bits per heavy atom. The van der Waals surface area contributed by atoms with Gasteiger partial charge in [-0.05, 0) is 0 Å². The summed E-state index contributed by atoms with van der Waals surface area (Å²) >= 11 is 0. The van der Waals surface area contributed by atoms with Crippen LogP contribution in [0.15, 0.2) is 0 Å². The number of H-pyrrole nitrogens is 1. The van der Waals surface area contributed by atoms with Gasteiger partial charge in [0.1, 0.15) is 0 Å². The van der Waals surface area contributed by atoms with Crippen LogP contribution >= 0.6 is 0 Å². The third-order valence-electron chi connectivity index (χ3n) is 1.73. The number of aromatic hydroxyl groups is 2. The van der Waals surface area contributed by atoms with Crippen molar-refractivity contribution in [3.05, 3.63) is 11.4 Å². The first-order chi connectivity index (χ1) is 7.02. The molecule has 0 saturated carbocycles. The van der Waals surface area contributed by atoms with Crippen molar-refractivity contribution in [1.29, 1.82) is 0 Å². The number of aromatic nitrogens is 1. The number of aromatic amines is 1. The van der Waals surface area contributed by atoms with Gasteiger partial charge in [0, 0.05) is 0 Å². The van der Waals surface area contributed by atoms with E-state index in [9.17, 15) is 19.8 Å². The number of hydrogen-bond acceptors (Lipinski definition) is 6. The van der Waals surface area contributed by atoms with Crippen LogP contribution in [0.25, 0.3) is 0 Å². The Kier molecular flexibility index (Phi) is 2.84. The third kappa shape index (κ3) is 1.71. The lowest BCUT2D eigenvalue weighted by atomic mass is 10.3. The molecule has 0 aliphatic rings. The zero-order valence-corrected chi connectivity index (χ0v) is 8.03. The van der Waals surface area contributed by atoms with Crippen molar-refractivity contribution >= 4 is 11.9 Å². The lowest BCUT2D eigenvalue weighted by molar-refractivity contribution is 0.0588. The summed E-state index contributed by atoms with van der Waals surface area (Å²) in [5.74, 6) is -3.31. The molecule has 0 spiro atoms. The number of carbonyl (C=O) groups excluding carboxylic acids is 2. The Morgan fingerprint density at radius 2 is 1.33 bits per heavy atom. The average molecular weight is 215 g/mol. The topological polar surface area (TPSA) is 109 Å². The summed E-state index contributed by atoms with van der Waals surface area (Å²) in [6.07, 6.45) is 0. The fraction of sp³-hybridized carbons (Fsp3) is 0.250. The van der Waals surface area contributed by atoms with Gasteiger partial charge in [-0.25, -0.2) is 9.59 Å². The van der Waals surface area contributed by atoms with Gasteiger partial charge in [0.25, 0.3) is 0 Å². The Morgan fingerprint density at radius 3 is 1.60 bits per heavy atom. The zero-order valence-electron chi connectivity index (χ0n) is 8.03. The molecule has 82 valence electrons. The van der Waals surface area contributed by atoms with E-state index in [1.54, 1.807) is 0 Å². The monoisotopic (exact) mass is 215 g/mol. The third-order valence-corrected chi connectivity index (χ3v) is 1.73. The number of carbonyl (C=O) groups is 2. The molecule has 0 unspecified atom stereocenters. The highest BCUT2D eigenvalue weighted by atomic mass is 16.5. The summed E-state index contributed by atoms with van der Waals surface area (Å²) in [5, 5.41) is 18.5. The lowest BCUT2D eigenvalue weighted by Gasteiger charge is -1.95. The molecule has 0 radical (unpaired) electrons. The van der Waals surface area contributed by atoms with Crippen molar-refractivity contribution in [2.45, 2.75) is 0 Å². The second-order valence-electron chi connectivity index (χ2n) is 2.56. The van der Waals surface area contributed by atoms with E-state index < -0.39 is 34.8 Å². The van der Waals surface area contributed by atoms with Crippen LogP contribution in [0, 0.1) is 0 Å². The fourth-order valence-corrected chi connectivity index (χ4v) is 0.980. The zero-order chi connectivity index (χ0) is 11.6. The van der Waals surface area contributed by atoms with Crippen LogP contribution in [0.2, 0.25) is 0 Å². The van der Waals surface area contributed by atoms with Crippen LogP contribution in [0.5, 0.6) is 11.5 Å². The molecule has 7 nitrogen and oxygen atoms in total. The summed E-state index contributed by atoms with van der Waals surface area (Å²) < 4.78 is 8.61. The maximum absolute atomic E-state index is 11.0. The first-order valence-corrected chi connectivity index (χ1v) is 3.83. The predicted molar refractivity (Wildman–Crippen MR) is 46.8 cm³/mol. The van der Waals surface area contributed by atoms with E-state index in [2.05, 4.69) is 14.5 Å². The quantitative estimate of drug-likeness (QED) is 0.599. The van der Waals surface area contributed by atoms with E-state index in [1.165, 1.54) is 0 Å². The van der Waals surface area contributed by atoms with E-state index in [-0.39, 0.29) is 0 Å². The number of hydrogen-bond donors (Lipinski definition) is 3. The van der Waals surface area contributed by atoms with E-state index in [0.29, 0.717) is 0 Å².